The van der Waals surface area contributed by atoms with Crippen LogP contribution in [0.15, 0.2) is 30.4 Å². The van der Waals surface area contributed by atoms with E-state index in [1.807, 2.05) is 13.0 Å². The fourth-order valence-electron chi connectivity index (χ4n) is 1.41. The molecule has 0 saturated carbocycles. The van der Waals surface area contributed by atoms with Gasteiger partial charge in [-0.25, -0.2) is 0 Å². The van der Waals surface area contributed by atoms with Crippen LogP contribution in [0.3, 0.4) is 0 Å². The number of ether oxygens (including phenoxy) is 1. The van der Waals surface area contributed by atoms with E-state index in [0.29, 0.717) is 25.4 Å². The van der Waals surface area contributed by atoms with Crippen molar-refractivity contribution in [2.24, 2.45) is 0 Å². The number of nitrogens with one attached hydrogen (secondary N) is 1. The second-order valence-electron chi connectivity index (χ2n) is 4.04. The summed E-state index contributed by atoms with van der Waals surface area (Å²) in [5, 5.41) is 22.5. The summed E-state index contributed by atoms with van der Waals surface area (Å²) in [5.41, 5.74) is 1.45. The number of hydrogen-bond acceptors (Lipinski definition) is 5. The Hall–Kier alpha value is -2.39. The quantitative estimate of drug-likeness (QED) is 0.352. The third-order valence-corrected chi connectivity index (χ3v) is 2.23. The molecule has 0 spiro atoms. The molecule has 0 amide bonds. The van der Waals surface area contributed by atoms with Crippen molar-refractivity contribution in [1.82, 2.24) is 0 Å². The van der Waals surface area contributed by atoms with Gasteiger partial charge in [0.1, 0.15) is 5.69 Å². The number of benzene rings is 1. The first-order valence-corrected chi connectivity index (χ1v) is 5.69. The minimum atomic E-state index is -0.516. The molecule has 1 aromatic rings. The lowest BCUT2D eigenvalue weighted by molar-refractivity contribution is -0.384. The molecule has 1 aromatic carbocycles. The van der Waals surface area contributed by atoms with Crippen LogP contribution in [0.2, 0.25) is 0 Å². The molecule has 0 heterocycles. The van der Waals surface area contributed by atoms with Gasteiger partial charge in [0, 0.05) is 12.6 Å². The van der Waals surface area contributed by atoms with Crippen LogP contribution in [-0.4, -0.2) is 24.7 Å². The zero-order chi connectivity index (χ0) is 14.3. The standard InChI is InChI=1S/C13H15N3O3/c1-10(2)9-19-6-5-15-12-4-3-11(8-14)7-13(12)16(17)18/h3-4,7,15H,1,5-6,9H2,2H3. The maximum atomic E-state index is 10.9. The van der Waals surface area contributed by atoms with E-state index >= 15 is 0 Å². The third-order valence-electron chi connectivity index (χ3n) is 2.23. The van der Waals surface area contributed by atoms with Crippen LogP contribution in [0.25, 0.3) is 0 Å². The van der Waals surface area contributed by atoms with Crippen molar-refractivity contribution in [3.63, 3.8) is 0 Å². The van der Waals surface area contributed by atoms with Crippen molar-refractivity contribution < 1.29 is 9.66 Å². The number of nitro groups is 1. The van der Waals surface area contributed by atoms with Crippen LogP contribution in [0.4, 0.5) is 11.4 Å². The molecule has 1 N–H and O–H groups in total. The highest BCUT2D eigenvalue weighted by Crippen LogP contribution is 2.24. The number of hydrogen-bond donors (Lipinski definition) is 1. The minimum Gasteiger partial charge on any atom is -0.377 e. The van der Waals surface area contributed by atoms with Gasteiger partial charge in [-0.3, -0.25) is 10.1 Å². The maximum absolute atomic E-state index is 10.9. The van der Waals surface area contributed by atoms with Crippen LogP contribution >= 0.6 is 0 Å². The Balaban J connectivity index is 2.60. The molecule has 0 radical (unpaired) electrons. The van der Waals surface area contributed by atoms with E-state index in [-0.39, 0.29) is 11.3 Å². The second kappa shape index (κ2) is 7.13. The molecular weight excluding hydrogens is 246 g/mol. The smallest absolute Gasteiger partial charge is 0.293 e. The van der Waals surface area contributed by atoms with Crippen LogP contribution in [0.1, 0.15) is 12.5 Å². The van der Waals surface area contributed by atoms with Gasteiger partial charge in [0.05, 0.1) is 29.8 Å². The van der Waals surface area contributed by atoms with Gasteiger partial charge in [-0.2, -0.15) is 5.26 Å². The van der Waals surface area contributed by atoms with E-state index in [9.17, 15) is 10.1 Å². The Bertz CT molecular complexity index is 520. The Labute approximate surface area is 111 Å². The van der Waals surface area contributed by atoms with Gasteiger partial charge in [-0.15, -0.1) is 0 Å². The van der Waals surface area contributed by atoms with Crippen LogP contribution < -0.4 is 5.32 Å². The van der Waals surface area contributed by atoms with Crippen LogP contribution in [0, 0.1) is 21.4 Å². The zero-order valence-electron chi connectivity index (χ0n) is 10.7. The predicted octanol–water partition coefficient (Wildman–Crippen LogP) is 2.47. The molecule has 0 fully saturated rings. The molecule has 0 unspecified atom stereocenters. The van der Waals surface area contributed by atoms with E-state index in [2.05, 4.69) is 11.9 Å². The number of nitrogens with zero attached hydrogens (tertiary/aromatic N) is 2. The van der Waals surface area contributed by atoms with E-state index < -0.39 is 4.92 Å². The predicted molar refractivity (Wildman–Crippen MR) is 71.9 cm³/mol. The van der Waals surface area contributed by atoms with E-state index in [1.165, 1.54) is 18.2 Å². The first kappa shape index (κ1) is 14.7. The number of nitro benzene ring substituents is 1. The van der Waals surface area contributed by atoms with Gasteiger partial charge >= 0.3 is 0 Å². The lowest BCUT2D eigenvalue weighted by atomic mass is 10.2. The number of anilines is 1. The highest BCUT2D eigenvalue weighted by atomic mass is 16.6. The number of rotatable bonds is 7. The van der Waals surface area contributed by atoms with Crippen molar-refractivity contribution in [2.75, 3.05) is 25.1 Å². The summed E-state index contributed by atoms with van der Waals surface area (Å²) < 4.78 is 5.28. The Morgan fingerprint density at radius 2 is 2.37 bits per heavy atom. The summed E-state index contributed by atoms with van der Waals surface area (Å²) in [4.78, 5) is 10.4. The van der Waals surface area contributed by atoms with Gasteiger partial charge in [0.2, 0.25) is 0 Å². The normalized spacial score (nSPS) is 9.68. The monoisotopic (exact) mass is 261 g/mol. The minimum absolute atomic E-state index is 0.112. The molecule has 0 aliphatic heterocycles. The molecule has 1 rings (SSSR count). The van der Waals surface area contributed by atoms with Gasteiger partial charge in [0.25, 0.3) is 5.69 Å². The highest BCUT2D eigenvalue weighted by Gasteiger charge is 2.14. The van der Waals surface area contributed by atoms with Gasteiger partial charge in [0.15, 0.2) is 0 Å². The number of nitriles is 1. The molecule has 19 heavy (non-hydrogen) atoms. The fourth-order valence-corrected chi connectivity index (χ4v) is 1.41. The lowest BCUT2D eigenvalue weighted by Gasteiger charge is -2.08. The molecule has 6 nitrogen and oxygen atoms in total. The average Bonchev–Trinajstić information content (AvgIpc) is 2.38. The third kappa shape index (κ3) is 4.77. The lowest BCUT2D eigenvalue weighted by Crippen LogP contribution is -2.11. The molecule has 0 atom stereocenters. The first-order chi connectivity index (χ1) is 9.04. The molecule has 0 saturated heterocycles. The van der Waals surface area contributed by atoms with Gasteiger partial charge < -0.3 is 10.1 Å². The first-order valence-electron chi connectivity index (χ1n) is 5.69. The molecule has 6 heteroatoms. The Morgan fingerprint density at radius 3 is 2.95 bits per heavy atom. The van der Waals surface area contributed by atoms with Crippen LogP contribution in [0.5, 0.6) is 0 Å². The van der Waals surface area contributed by atoms with E-state index in [1.54, 1.807) is 0 Å². The van der Waals surface area contributed by atoms with Crippen molar-refractivity contribution in [1.29, 1.82) is 5.26 Å². The van der Waals surface area contributed by atoms with Gasteiger partial charge in [-0.1, -0.05) is 12.2 Å². The second-order valence-corrected chi connectivity index (χ2v) is 4.04. The Kier molecular flexibility index (Phi) is 5.51. The van der Waals surface area contributed by atoms with Crippen molar-refractivity contribution in [2.45, 2.75) is 6.92 Å². The van der Waals surface area contributed by atoms with E-state index in [4.69, 9.17) is 10.00 Å². The fraction of sp³-hybridized carbons (Fsp3) is 0.308. The molecule has 0 aliphatic rings. The summed E-state index contributed by atoms with van der Waals surface area (Å²) in [5.74, 6) is 0. The molecule has 0 bridgehead atoms. The summed E-state index contributed by atoms with van der Waals surface area (Å²) in [6, 6.07) is 6.17. The average molecular weight is 261 g/mol. The van der Waals surface area contributed by atoms with Crippen molar-refractivity contribution in [3.8, 4) is 6.07 Å². The molecular formula is C13H15N3O3. The van der Waals surface area contributed by atoms with Crippen LogP contribution in [-0.2, 0) is 4.74 Å². The maximum Gasteiger partial charge on any atom is 0.293 e. The SMILES string of the molecule is C=C(C)COCCNc1ccc(C#N)cc1[N+](=O)[O-]. The summed E-state index contributed by atoms with van der Waals surface area (Å²) >= 11 is 0. The molecule has 0 aromatic heterocycles. The van der Waals surface area contributed by atoms with E-state index in [0.717, 1.165) is 5.57 Å². The van der Waals surface area contributed by atoms with Crippen molar-refractivity contribution in [3.05, 3.63) is 46.0 Å². The largest absolute Gasteiger partial charge is 0.377 e. The molecule has 0 aliphatic carbocycles. The zero-order valence-corrected chi connectivity index (χ0v) is 10.7. The van der Waals surface area contributed by atoms with Gasteiger partial charge in [-0.05, 0) is 19.1 Å². The summed E-state index contributed by atoms with van der Waals surface area (Å²) in [6.07, 6.45) is 0. The summed E-state index contributed by atoms with van der Waals surface area (Å²) in [7, 11) is 0. The van der Waals surface area contributed by atoms with Crippen molar-refractivity contribution >= 4 is 11.4 Å². The topological polar surface area (TPSA) is 88.2 Å². The molecule has 100 valence electrons. The highest BCUT2D eigenvalue weighted by molar-refractivity contribution is 5.63. The summed E-state index contributed by atoms with van der Waals surface area (Å²) in [6.45, 7) is 6.90. The Morgan fingerprint density at radius 1 is 1.63 bits per heavy atom.